The number of alkyl halides is 1. The third-order valence-electron chi connectivity index (χ3n) is 4.06. The van der Waals surface area contributed by atoms with E-state index in [1.54, 1.807) is 24.3 Å². The Kier molecular flexibility index (Phi) is 6.58. The molecular weight excluding hydrogens is 421 g/mol. The maximum absolute atomic E-state index is 12.6. The predicted octanol–water partition coefficient (Wildman–Crippen LogP) is 2.88. The number of hydroxylamine groups is 2. The summed E-state index contributed by atoms with van der Waals surface area (Å²) in [4.78, 5) is 16.6. The number of hydrogen-bond donors (Lipinski definition) is 1. The summed E-state index contributed by atoms with van der Waals surface area (Å²) < 4.78 is 11.6. The van der Waals surface area contributed by atoms with Gasteiger partial charge in [-0.1, -0.05) is 11.6 Å². The molecule has 1 aromatic carbocycles. The lowest BCUT2D eigenvalue weighted by atomic mass is 10.1. The number of pyridine rings is 1. The van der Waals surface area contributed by atoms with Crippen molar-refractivity contribution in [3.05, 3.63) is 70.3 Å². The van der Waals surface area contributed by atoms with Gasteiger partial charge in [0, 0.05) is 23.9 Å². The van der Waals surface area contributed by atoms with Gasteiger partial charge in [-0.3, -0.25) is 15.1 Å². The number of carbonyl (C=O) groups excluding carboxylic acids is 1. The first-order chi connectivity index (χ1) is 13.9. The lowest BCUT2D eigenvalue weighted by molar-refractivity contribution is -0.616. The molecule has 3 rings (SSSR count). The van der Waals surface area contributed by atoms with Crippen LogP contribution in [0.4, 0.5) is 0 Å². The first-order valence-corrected chi connectivity index (χ1v) is 9.28. The Bertz CT molecular complexity index is 980. The van der Waals surface area contributed by atoms with Crippen LogP contribution in [0.15, 0.2) is 58.8 Å². The van der Waals surface area contributed by atoms with E-state index in [1.807, 2.05) is 0 Å². The number of benzene rings is 1. The van der Waals surface area contributed by atoms with Crippen LogP contribution in [-0.4, -0.2) is 40.9 Å². The van der Waals surface area contributed by atoms with Gasteiger partial charge in [0.1, 0.15) is 0 Å². The molecule has 1 N–H and O–H groups in total. The Morgan fingerprint density at radius 1 is 1.38 bits per heavy atom. The molecule has 0 radical (unpaired) electrons. The number of carbonyl (C=O) groups is 1. The lowest BCUT2D eigenvalue weighted by Gasteiger charge is -2.23. The SMILES string of the molecule is COc1ccc(C(=O)N=C2C(Cl)=CN(O)CC2Cl)cc1OCc1cccc[n+]1[O-]. The van der Waals surface area contributed by atoms with Crippen molar-refractivity contribution in [1.29, 1.82) is 0 Å². The van der Waals surface area contributed by atoms with Crippen molar-refractivity contribution in [2.24, 2.45) is 4.99 Å². The van der Waals surface area contributed by atoms with Gasteiger partial charge < -0.3 is 14.7 Å². The van der Waals surface area contributed by atoms with Crippen molar-refractivity contribution in [2.75, 3.05) is 13.7 Å². The summed E-state index contributed by atoms with van der Waals surface area (Å²) in [5, 5.41) is 21.4. The zero-order chi connectivity index (χ0) is 21.0. The Hall–Kier alpha value is -2.81. The maximum Gasteiger partial charge on any atom is 0.277 e. The molecule has 0 aliphatic carbocycles. The molecule has 1 amide bonds. The summed E-state index contributed by atoms with van der Waals surface area (Å²) in [7, 11) is 1.46. The minimum Gasteiger partial charge on any atom is -0.618 e. The summed E-state index contributed by atoms with van der Waals surface area (Å²) in [5.41, 5.74) is 0.777. The van der Waals surface area contributed by atoms with Gasteiger partial charge >= 0.3 is 0 Å². The second-order valence-electron chi connectivity index (χ2n) is 6.04. The topological polar surface area (TPSA) is 98.3 Å². The van der Waals surface area contributed by atoms with E-state index in [9.17, 15) is 15.2 Å². The van der Waals surface area contributed by atoms with E-state index in [0.717, 1.165) is 5.06 Å². The molecule has 1 atom stereocenters. The molecule has 152 valence electrons. The van der Waals surface area contributed by atoms with Crippen molar-refractivity contribution < 1.29 is 24.2 Å². The van der Waals surface area contributed by atoms with Crippen molar-refractivity contribution in [3.8, 4) is 11.5 Å². The molecule has 0 saturated heterocycles. The number of nitrogens with zero attached hydrogens (tertiary/aromatic N) is 3. The van der Waals surface area contributed by atoms with Gasteiger partial charge in [0.25, 0.3) is 5.91 Å². The van der Waals surface area contributed by atoms with E-state index in [0.29, 0.717) is 16.2 Å². The van der Waals surface area contributed by atoms with Crippen LogP contribution in [0.2, 0.25) is 0 Å². The van der Waals surface area contributed by atoms with Crippen LogP contribution in [0.3, 0.4) is 0 Å². The van der Waals surface area contributed by atoms with Crippen LogP contribution >= 0.6 is 23.2 Å². The minimum absolute atomic E-state index is 0.0164. The van der Waals surface area contributed by atoms with Crippen molar-refractivity contribution in [1.82, 2.24) is 5.06 Å². The molecule has 2 aromatic rings. The second kappa shape index (κ2) is 9.13. The smallest absolute Gasteiger partial charge is 0.277 e. The molecule has 1 aromatic heterocycles. The molecule has 0 bridgehead atoms. The van der Waals surface area contributed by atoms with E-state index < -0.39 is 11.3 Å². The Balaban J connectivity index is 1.84. The van der Waals surface area contributed by atoms with Gasteiger partial charge in [0.2, 0.25) is 5.69 Å². The fourth-order valence-electron chi connectivity index (χ4n) is 2.60. The largest absolute Gasteiger partial charge is 0.618 e. The number of aromatic nitrogens is 1. The number of allylic oxidation sites excluding steroid dienone is 1. The molecule has 10 heteroatoms. The first-order valence-electron chi connectivity index (χ1n) is 8.47. The molecule has 0 spiro atoms. The Labute approximate surface area is 176 Å². The number of ether oxygens (including phenoxy) is 2. The van der Waals surface area contributed by atoms with Crippen LogP contribution in [0.5, 0.6) is 11.5 Å². The number of amides is 1. The number of halogens is 2. The van der Waals surface area contributed by atoms with Gasteiger partial charge in [-0.15, -0.1) is 11.6 Å². The molecule has 1 unspecified atom stereocenters. The van der Waals surface area contributed by atoms with Crippen LogP contribution in [0.1, 0.15) is 16.1 Å². The van der Waals surface area contributed by atoms with Crippen LogP contribution in [-0.2, 0) is 6.61 Å². The van der Waals surface area contributed by atoms with E-state index in [1.165, 1.54) is 31.6 Å². The summed E-state index contributed by atoms with van der Waals surface area (Å²) in [5.74, 6) is 0.0793. The number of methoxy groups -OCH3 is 1. The third-order valence-corrected chi connectivity index (χ3v) is 4.70. The monoisotopic (exact) mass is 437 g/mol. The van der Waals surface area contributed by atoms with Crippen LogP contribution < -0.4 is 14.2 Å². The van der Waals surface area contributed by atoms with E-state index >= 15 is 0 Å². The fourth-order valence-corrected chi connectivity index (χ4v) is 3.25. The average Bonchev–Trinajstić information content (AvgIpc) is 2.69. The summed E-state index contributed by atoms with van der Waals surface area (Å²) in [6.45, 7) is 0.0324. The average molecular weight is 438 g/mol. The quantitative estimate of drug-likeness (QED) is 0.438. The Morgan fingerprint density at radius 3 is 2.86 bits per heavy atom. The lowest BCUT2D eigenvalue weighted by Crippen LogP contribution is -2.34. The molecule has 0 saturated carbocycles. The van der Waals surface area contributed by atoms with Crippen molar-refractivity contribution in [2.45, 2.75) is 12.0 Å². The fraction of sp³-hybridized carbons (Fsp3) is 0.211. The highest BCUT2D eigenvalue weighted by atomic mass is 35.5. The molecule has 8 nitrogen and oxygen atoms in total. The standard InChI is InChI=1S/C19H17Cl2N3O5/c1-28-16-6-5-12(8-17(16)29-11-13-4-2-3-7-24(13)27)19(25)22-18-14(20)9-23(26)10-15(18)21/h2-9,15,26H,10-11H2,1H3. The highest BCUT2D eigenvalue weighted by Gasteiger charge is 2.25. The normalized spacial score (nSPS) is 17.8. The summed E-state index contributed by atoms with van der Waals surface area (Å²) in [6, 6.07) is 9.51. The van der Waals surface area contributed by atoms with Crippen molar-refractivity contribution >= 4 is 34.8 Å². The zero-order valence-electron chi connectivity index (χ0n) is 15.3. The molecule has 29 heavy (non-hydrogen) atoms. The van der Waals surface area contributed by atoms with Gasteiger partial charge in [-0.25, -0.2) is 4.99 Å². The minimum atomic E-state index is -0.749. The second-order valence-corrected chi connectivity index (χ2v) is 6.97. The zero-order valence-corrected chi connectivity index (χ0v) is 16.8. The first kappa shape index (κ1) is 20.9. The van der Waals surface area contributed by atoms with E-state index in [4.69, 9.17) is 32.7 Å². The maximum atomic E-state index is 12.6. The van der Waals surface area contributed by atoms with Gasteiger partial charge in [-0.05, 0) is 24.3 Å². The van der Waals surface area contributed by atoms with Crippen LogP contribution in [0, 0.1) is 5.21 Å². The molecule has 1 aliphatic heterocycles. The van der Waals surface area contributed by atoms with Gasteiger partial charge in [-0.2, -0.15) is 4.73 Å². The number of hydrogen-bond acceptors (Lipinski definition) is 6. The molecule has 1 aliphatic rings. The number of rotatable bonds is 5. The summed E-state index contributed by atoms with van der Waals surface area (Å²) in [6.07, 6.45) is 2.59. The molecular formula is C19H17Cl2N3O5. The Morgan fingerprint density at radius 2 is 2.17 bits per heavy atom. The van der Waals surface area contributed by atoms with E-state index in [2.05, 4.69) is 4.99 Å². The highest BCUT2D eigenvalue weighted by Crippen LogP contribution is 2.29. The highest BCUT2D eigenvalue weighted by molar-refractivity contribution is 6.50. The molecule has 2 heterocycles. The molecule has 0 fully saturated rings. The van der Waals surface area contributed by atoms with Gasteiger partial charge in [0.05, 0.1) is 29.8 Å². The van der Waals surface area contributed by atoms with Gasteiger partial charge in [0.15, 0.2) is 24.3 Å². The van der Waals surface area contributed by atoms with Crippen LogP contribution in [0.25, 0.3) is 0 Å². The van der Waals surface area contributed by atoms with E-state index in [-0.39, 0.29) is 35.2 Å². The number of aliphatic imine (C=N–C) groups is 1. The third kappa shape index (κ3) is 4.97. The van der Waals surface area contributed by atoms with Crippen molar-refractivity contribution in [3.63, 3.8) is 0 Å². The summed E-state index contributed by atoms with van der Waals surface area (Å²) >= 11 is 12.2. The predicted molar refractivity (Wildman–Crippen MR) is 107 cm³/mol.